The number of nitrogens with zero attached hydrogens (tertiary/aromatic N) is 2. The number of piperidine rings is 1. The summed E-state index contributed by atoms with van der Waals surface area (Å²) in [6.07, 6.45) is 4.50. The number of H-pyrrole nitrogens is 1. The number of aromatic amines is 1. The maximum absolute atomic E-state index is 14.4. The molecule has 2 heterocycles. The van der Waals surface area contributed by atoms with E-state index in [0.717, 1.165) is 31.4 Å². The van der Waals surface area contributed by atoms with Gasteiger partial charge in [0.15, 0.2) is 0 Å². The van der Waals surface area contributed by atoms with E-state index in [4.69, 9.17) is 9.47 Å². The van der Waals surface area contributed by atoms with Gasteiger partial charge in [-0.1, -0.05) is 6.42 Å². The highest BCUT2D eigenvalue weighted by molar-refractivity contribution is 5.76. The largest absolute Gasteiger partial charge is 0.497 e. The third-order valence-corrected chi connectivity index (χ3v) is 4.71. The summed E-state index contributed by atoms with van der Waals surface area (Å²) < 4.78 is 24.7. The average Bonchev–Trinajstić information content (AvgIpc) is 3.10. The summed E-state index contributed by atoms with van der Waals surface area (Å²) >= 11 is 0. The summed E-state index contributed by atoms with van der Waals surface area (Å²) in [6.45, 7) is 3.50. The lowest BCUT2D eigenvalue weighted by molar-refractivity contribution is -0.151. The molecule has 7 heteroatoms. The van der Waals surface area contributed by atoms with E-state index < -0.39 is 0 Å². The molecule has 1 N–H and O–H groups in total. The number of methoxy groups -OCH3 is 1. The quantitative estimate of drug-likeness (QED) is 0.801. The summed E-state index contributed by atoms with van der Waals surface area (Å²) in [7, 11) is 1.50. The number of hydrogen-bond acceptors (Lipinski definition) is 5. The first-order chi connectivity index (χ1) is 12.6. The molecule has 1 aliphatic heterocycles. The third kappa shape index (κ3) is 3.88. The standard InChI is InChI=1S/C19H24FN3O3/c1-3-26-19(24)17-6-4-5-9-23(17)12-13-11-21-22-18(13)15-8-7-14(25-2)10-16(15)20/h7-8,10-11,17H,3-6,9,12H2,1-2H3,(H,21,22)/t17-/m1/s1. The molecule has 3 rings (SSSR count). The van der Waals surface area contributed by atoms with E-state index in [1.165, 1.54) is 13.2 Å². The number of carbonyl (C=O) groups is 1. The molecule has 1 aromatic heterocycles. The Kier molecular flexibility index (Phi) is 5.88. The Labute approximate surface area is 152 Å². The van der Waals surface area contributed by atoms with Crippen molar-refractivity contribution in [1.29, 1.82) is 0 Å². The molecule has 0 amide bonds. The van der Waals surface area contributed by atoms with Crippen molar-refractivity contribution in [1.82, 2.24) is 15.1 Å². The van der Waals surface area contributed by atoms with Crippen LogP contribution in [-0.2, 0) is 16.1 Å². The van der Waals surface area contributed by atoms with E-state index >= 15 is 0 Å². The van der Waals surface area contributed by atoms with Gasteiger partial charge >= 0.3 is 5.97 Å². The molecule has 1 aromatic carbocycles. The molecular weight excluding hydrogens is 337 g/mol. The number of ether oxygens (including phenoxy) is 2. The second kappa shape index (κ2) is 8.31. The molecular formula is C19H24FN3O3. The zero-order chi connectivity index (χ0) is 18.5. The van der Waals surface area contributed by atoms with Crippen LogP contribution in [0.25, 0.3) is 11.3 Å². The van der Waals surface area contributed by atoms with Gasteiger partial charge < -0.3 is 9.47 Å². The molecule has 1 aliphatic rings. The SMILES string of the molecule is CCOC(=O)[C@H]1CCCCN1Cc1cn[nH]c1-c1ccc(OC)cc1F. The minimum Gasteiger partial charge on any atom is -0.497 e. The Hall–Kier alpha value is -2.41. The smallest absolute Gasteiger partial charge is 0.323 e. The number of likely N-dealkylation sites (tertiary alicyclic amines) is 1. The van der Waals surface area contributed by atoms with Gasteiger partial charge in [0, 0.05) is 23.7 Å². The highest BCUT2D eigenvalue weighted by Gasteiger charge is 2.30. The van der Waals surface area contributed by atoms with Crippen LogP contribution >= 0.6 is 0 Å². The summed E-state index contributed by atoms with van der Waals surface area (Å²) in [5.74, 6) is -0.103. The molecule has 0 saturated carbocycles. The van der Waals surface area contributed by atoms with Crippen molar-refractivity contribution in [3.8, 4) is 17.0 Å². The maximum atomic E-state index is 14.4. The normalized spacial score (nSPS) is 17.9. The van der Waals surface area contributed by atoms with Crippen LogP contribution < -0.4 is 4.74 Å². The van der Waals surface area contributed by atoms with Gasteiger partial charge in [-0.25, -0.2) is 4.39 Å². The average molecular weight is 361 g/mol. The molecule has 6 nitrogen and oxygen atoms in total. The van der Waals surface area contributed by atoms with E-state index in [1.54, 1.807) is 18.3 Å². The highest BCUT2D eigenvalue weighted by Crippen LogP contribution is 2.29. The van der Waals surface area contributed by atoms with E-state index in [0.29, 0.717) is 30.2 Å². The molecule has 2 aromatic rings. The molecule has 0 aliphatic carbocycles. The van der Waals surface area contributed by atoms with Gasteiger partial charge in [-0.05, 0) is 38.4 Å². The highest BCUT2D eigenvalue weighted by atomic mass is 19.1. The van der Waals surface area contributed by atoms with Crippen molar-refractivity contribution in [2.24, 2.45) is 0 Å². The Morgan fingerprint density at radius 2 is 2.27 bits per heavy atom. The Balaban J connectivity index is 1.83. The lowest BCUT2D eigenvalue weighted by atomic mass is 10.0. The van der Waals surface area contributed by atoms with Gasteiger partial charge in [0.05, 0.1) is 25.6 Å². The topological polar surface area (TPSA) is 67.5 Å². The van der Waals surface area contributed by atoms with Crippen molar-refractivity contribution in [2.45, 2.75) is 38.8 Å². The molecule has 1 saturated heterocycles. The van der Waals surface area contributed by atoms with Crippen molar-refractivity contribution in [3.05, 3.63) is 35.8 Å². The van der Waals surface area contributed by atoms with Crippen LogP contribution in [0.1, 0.15) is 31.7 Å². The first-order valence-corrected chi connectivity index (χ1v) is 8.91. The Morgan fingerprint density at radius 3 is 3.00 bits per heavy atom. The molecule has 0 spiro atoms. The number of halogens is 1. The zero-order valence-electron chi connectivity index (χ0n) is 15.1. The van der Waals surface area contributed by atoms with Crippen LogP contribution in [0, 0.1) is 5.82 Å². The minimum absolute atomic E-state index is 0.187. The fourth-order valence-electron chi connectivity index (χ4n) is 3.39. The predicted octanol–water partition coefficient (Wildman–Crippen LogP) is 3.14. The molecule has 0 radical (unpaired) electrons. The van der Waals surface area contributed by atoms with Gasteiger partial charge in [-0.2, -0.15) is 5.10 Å². The fourth-order valence-corrected chi connectivity index (χ4v) is 3.39. The second-order valence-corrected chi connectivity index (χ2v) is 6.35. The number of carbonyl (C=O) groups excluding carboxylic acids is 1. The van der Waals surface area contributed by atoms with Gasteiger partial charge in [0.25, 0.3) is 0 Å². The molecule has 0 unspecified atom stereocenters. The molecule has 0 bridgehead atoms. The van der Waals surface area contributed by atoms with Crippen molar-refractivity contribution < 1.29 is 18.7 Å². The van der Waals surface area contributed by atoms with Crippen LogP contribution in [0.2, 0.25) is 0 Å². The van der Waals surface area contributed by atoms with Crippen LogP contribution in [0.3, 0.4) is 0 Å². The third-order valence-electron chi connectivity index (χ3n) is 4.71. The lowest BCUT2D eigenvalue weighted by Gasteiger charge is -2.33. The van der Waals surface area contributed by atoms with Crippen molar-refractivity contribution >= 4 is 5.97 Å². The number of nitrogens with one attached hydrogen (secondary N) is 1. The molecule has 140 valence electrons. The number of aromatic nitrogens is 2. The molecule has 1 atom stereocenters. The van der Waals surface area contributed by atoms with Crippen LogP contribution in [0.5, 0.6) is 5.75 Å². The Bertz CT molecular complexity index is 762. The van der Waals surface area contributed by atoms with E-state index in [2.05, 4.69) is 15.1 Å². The van der Waals surface area contributed by atoms with Crippen molar-refractivity contribution in [3.63, 3.8) is 0 Å². The number of rotatable bonds is 6. The fraction of sp³-hybridized carbons (Fsp3) is 0.474. The van der Waals surface area contributed by atoms with Crippen molar-refractivity contribution in [2.75, 3.05) is 20.3 Å². The van der Waals surface area contributed by atoms with Crippen LogP contribution in [-0.4, -0.2) is 47.4 Å². The van der Waals surface area contributed by atoms with Crippen LogP contribution in [0.15, 0.2) is 24.4 Å². The van der Waals surface area contributed by atoms with E-state index in [-0.39, 0.29) is 17.8 Å². The molecule has 1 fully saturated rings. The maximum Gasteiger partial charge on any atom is 0.323 e. The zero-order valence-corrected chi connectivity index (χ0v) is 15.1. The van der Waals surface area contributed by atoms with Gasteiger partial charge in [0.1, 0.15) is 17.6 Å². The van der Waals surface area contributed by atoms with Gasteiger partial charge in [0.2, 0.25) is 0 Å². The minimum atomic E-state index is -0.379. The predicted molar refractivity (Wildman–Crippen MR) is 95.2 cm³/mol. The van der Waals surface area contributed by atoms with E-state index in [9.17, 15) is 9.18 Å². The Morgan fingerprint density at radius 1 is 1.42 bits per heavy atom. The molecule has 26 heavy (non-hydrogen) atoms. The summed E-state index contributed by atoms with van der Waals surface area (Å²) in [4.78, 5) is 14.3. The summed E-state index contributed by atoms with van der Waals surface area (Å²) in [5, 5.41) is 6.97. The monoisotopic (exact) mass is 361 g/mol. The van der Waals surface area contributed by atoms with Gasteiger partial charge in [-0.15, -0.1) is 0 Å². The van der Waals surface area contributed by atoms with Crippen LogP contribution in [0.4, 0.5) is 4.39 Å². The number of hydrogen-bond donors (Lipinski definition) is 1. The first-order valence-electron chi connectivity index (χ1n) is 8.91. The number of benzene rings is 1. The van der Waals surface area contributed by atoms with E-state index in [1.807, 2.05) is 6.92 Å². The summed E-state index contributed by atoms with van der Waals surface area (Å²) in [6, 6.07) is 4.48. The lowest BCUT2D eigenvalue weighted by Crippen LogP contribution is -2.44. The number of esters is 1. The van der Waals surface area contributed by atoms with Gasteiger partial charge in [-0.3, -0.25) is 14.8 Å². The second-order valence-electron chi connectivity index (χ2n) is 6.35. The first kappa shape index (κ1) is 18.4. The summed E-state index contributed by atoms with van der Waals surface area (Å²) in [5.41, 5.74) is 1.91.